The largest absolute Gasteiger partial charge is 0.513 e. The van der Waals surface area contributed by atoms with Gasteiger partial charge in [-0.1, -0.05) is 7.43 Å². The van der Waals surface area contributed by atoms with Crippen LogP contribution in [0.1, 0.15) is 106 Å². The third-order valence-corrected chi connectivity index (χ3v) is 18.6. The molecule has 2 amide bonds. The van der Waals surface area contributed by atoms with Crippen LogP contribution in [0.4, 0.5) is 44.2 Å². The van der Waals surface area contributed by atoms with Crippen LogP contribution in [0.25, 0.3) is 43.9 Å². The van der Waals surface area contributed by atoms with E-state index in [4.69, 9.17) is 33.2 Å². The minimum atomic E-state index is -0.869. The summed E-state index contributed by atoms with van der Waals surface area (Å²) in [5.41, 5.74) is 1.41. The van der Waals surface area contributed by atoms with Gasteiger partial charge in [0.2, 0.25) is 11.9 Å². The maximum Gasteiger partial charge on any atom is 0.513 e. The number of carbonyl (C=O) groups is 4. The Morgan fingerprint density at radius 1 is 0.621 bits per heavy atom. The summed E-state index contributed by atoms with van der Waals surface area (Å²) in [7, 11) is 0. The molecule has 10 heterocycles. The van der Waals surface area contributed by atoms with Gasteiger partial charge in [-0.25, -0.2) is 38.3 Å². The van der Waals surface area contributed by atoms with E-state index >= 15 is 0 Å². The first-order valence-electron chi connectivity index (χ1n) is 33.0. The Labute approximate surface area is 596 Å². The highest BCUT2D eigenvalue weighted by Crippen LogP contribution is 2.37. The lowest BCUT2D eigenvalue weighted by Crippen LogP contribution is -2.38. The summed E-state index contributed by atoms with van der Waals surface area (Å²) < 4.78 is 99.1. The number of nitrogens with one attached hydrogen (secondary N) is 3. The van der Waals surface area contributed by atoms with E-state index < -0.39 is 52.5 Å². The molecule has 2 aliphatic carbocycles. The number of nitro groups is 1. The molecule has 36 heteroatoms. The minimum Gasteiger partial charge on any atom is -0.447 e. The first kappa shape index (κ1) is 75.8. The second kappa shape index (κ2) is 36.9. The van der Waals surface area contributed by atoms with Crippen molar-refractivity contribution in [3.05, 3.63) is 142 Å². The summed E-state index contributed by atoms with van der Waals surface area (Å²) in [6, 6.07) is 9.08. The van der Waals surface area contributed by atoms with Gasteiger partial charge in [0.15, 0.2) is 11.6 Å². The molecule has 9 aromatic rings. The third-order valence-electron chi connectivity index (χ3n) is 16.8. The molecular formula is C67H77F4N17O13S2. The number of amides is 2. The lowest BCUT2D eigenvalue weighted by Gasteiger charge is -2.28. The van der Waals surface area contributed by atoms with Crippen LogP contribution in [0.15, 0.2) is 96.5 Å². The predicted molar refractivity (Wildman–Crippen MR) is 369 cm³/mol. The number of anilines is 2. The molecule has 4 fully saturated rings. The maximum absolute atomic E-state index is 14.8. The Hall–Kier alpha value is -9.82. The number of aromatic nitrogens is 12. The Bertz CT molecular complexity index is 4260. The summed E-state index contributed by atoms with van der Waals surface area (Å²) >= 11 is 2.49. The number of pyridine rings is 2. The van der Waals surface area contributed by atoms with Crippen LogP contribution in [0.2, 0.25) is 0 Å². The van der Waals surface area contributed by atoms with Crippen molar-refractivity contribution >= 4 is 63.8 Å². The highest BCUT2D eigenvalue weighted by Gasteiger charge is 2.30. The van der Waals surface area contributed by atoms with Crippen molar-refractivity contribution in [1.29, 1.82) is 0 Å². The number of ether oxygens (including phenoxy) is 7. The van der Waals surface area contributed by atoms with Crippen LogP contribution >= 0.6 is 22.7 Å². The Balaban J connectivity index is 0.000000177. The molecule has 0 radical (unpaired) electrons. The van der Waals surface area contributed by atoms with Crippen LogP contribution in [0.3, 0.4) is 0 Å². The van der Waals surface area contributed by atoms with Gasteiger partial charge >= 0.3 is 12.2 Å². The number of morpholine rings is 2. The topological polar surface area (TPSA) is 340 Å². The molecule has 0 spiro atoms. The van der Waals surface area contributed by atoms with Gasteiger partial charge in [0, 0.05) is 111 Å². The SMILES string of the molecule is C.CCOC1CCC(n2cc(NC(=O)c3csc(-c4cn[nH]c4)n3)c(-c3nc(F)ccc3F)n2)CC1.CCOC1CCC(n2cc(NC(=O)c3csc(-c4cnn(C(=O)OCCN5CCOCC5)c4)n3)c(-c3nc(F)ccc3F)n2)CC1.O=C(OCCN1CCOCC1)Oc1ccc([N+](=O)[O-])cc1. The Morgan fingerprint density at radius 3 is 1.57 bits per heavy atom. The maximum atomic E-state index is 14.8. The molecule has 2 saturated carbocycles. The van der Waals surface area contributed by atoms with E-state index in [1.54, 1.807) is 44.9 Å². The van der Waals surface area contributed by atoms with Crippen molar-refractivity contribution in [2.24, 2.45) is 0 Å². The van der Waals surface area contributed by atoms with Crippen LogP contribution in [-0.4, -0.2) is 203 Å². The fraction of sp³-hybridized carbons (Fsp3) is 0.433. The van der Waals surface area contributed by atoms with Crippen molar-refractivity contribution in [1.82, 2.24) is 69.3 Å². The third kappa shape index (κ3) is 20.7. The highest BCUT2D eigenvalue weighted by molar-refractivity contribution is 7.13. The van der Waals surface area contributed by atoms with Crippen LogP contribution in [-0.2, 0) is 28.4 Å². The van der Waals surface area contributed by atoms with E-state index in [2.05, 4.69) is 65.9 Å². The summed E-state index contributed by atoms with van der Waals surface area (Å²) in [6.45, 7) is 12.8. The second-order valence-corrected chi connectivity index (χ2v) is 25.3. The number of hydrogen-bond acceptors (Lipinski definition) is 25. The molecule has 4 aliphatic rings. The lowest BCUT2D eigenvalue weighted by molar-refractivity contribution is -0.384. The van der Waals surface area contributed by atoms with E-state index in [-0.39, 0.29) is 102 Å². The molecule has 30 nitrogen and oxygen atoms in total. The van der Waals surface area contributed by atoms with Gasteiger partial charge in [-0.3, -0.25) is 44.0 Å². The quantitative estimate of drug-likeness (QED) is 0.0142. The number of benzene rings is 1. The van der Waals surface area contributed by atoms with Gasteiger partial charge in [-0.2, -0.15) is 33.9 Å². The van der Waals surface area contributed by atoms with Gasteiger partial charge in [0.05, 0.1) is 79.4 Å². The van der Waals surface area contributed by atoms with E-state index in [0.29, 0.717) is 68.3 Å². The predicted octanol–water partition coefficient (Wildman–Crippen LogP) is 11.6. The molecule has 0 bridgehead atoms. The average Bonchev–Trinajstić information content (AvgIpc) is 1.66. The Morgan fingerprint density at radius 2 is 1.11 bits per heavy atom. The molecule has 3 N–H and O–H groups in total. The van der Waals surface area contributed by atoms with E-state index in [1.807, 2.05) is 13.8 Å². The molecule has 548 valence electrons. The van der Waals surface area contributed by atoms with Gasteiger partial charge < -0.3 is 43.8 Å². The fourth-order valence-corrected chi connectivity index (χ4v) is 13.1. The van der Waals surface area contributed by atoms with Gasteiger partial charge in [-0.05, 0) is 102 Å². The second-order valence-electron chi connectivity index (χ2n) is 23.6. The molecule has 2 saturated heterocycles. The summed E-state index contributed by atoms with van der Waals surface area (Å²) in [4.78, 5) is 80.7. The number of rotatable bonds is 22. The van der Waals surface area contributed by atoms with Gasteiger partial charge in [0.1, 0.15) is 63.1 Å². The summed E-state index contributed by atoms with van der Waals surface area (Å²) in [5.74, 6) is -4.07. The number of nitrogens with zero attached hydrogens (tertiary/aromatic N) is 14. The number of halogens is 4. The van der Waals surface area contributed by atoms with Crippen molar-refractivity contribution in [2.45, 2.75) is 96.9 Å². The summed E-state index contributed by atoms with van der Waals surface area (Å²) in [5, 5.41) is 40.0. The standard InChI is InChI=1S/C30H34F2N8O5S.C23H23F2N7O2S.C13H16N2O6.CH4/c1-2-44-21-5-3-20(4-6-21)39-17-23(27(37-39)26-22(31)7-8-25(32)36-26)34-28(41)24-18-46-29(35-24)19-15-33-40(16-19)30(42)45-14-11-38-9-12-43-13-10-38;1-2-34-15-5-3-14(4-6-15)32-11-17(21(31-32)20-16(24)7-8-19(25)30-20)28-22(33)18-12-35-23(29-18)13-9-26-27-10-13;16-13(20-10-7-14-5-8-19-9-6-14)21-12-3-1-11(2-4-12)15(17)18;/h7-8,15-18,20-21H,2-6,9-14H2,1H3,(H,34,41);7-12,14-15H,2-6H2,1H3,(H,26,27)(H,28,33);1-4H,5-10H2;1H4. The van der Waals surface area contributed by atoms with E-state index in [1.165, 1.54) is 59.3 Å². The molecule has 103 heavy (non-hydrogen) atoms. The van der Waals surface area contributed by atoms with E-state index in [9.17, 15) is 46.9 Å². The minimum absolute atomic E-state index is 0. The smallest absolute Gasteiger partial charge is 0.447 e. The van der Waals surface area contributed by atoms with E-state index in [0.717, 1.165) is 112 Å². The van der Waals surface area contributed by atoms with Crippen LogP contribution in [0.5, 0.6) is 5.75 Å². The first-order chi connectivity index (χ1) is 49.5. The molecule has 8 aromatic heterocycles. The van der Waals surface area contributed by atoms with Gasteiger partial charge in [-0.15, -0.1) is 22.7 Å². The zero-order valence-corrected chi connectivity index (χ0v) is 57.1. The highest BCUT2D eigenvalue weighted by atomic mass is 32.1. The number of carbonyl (C=O) groups excluding carboxylic acids is 4. The fourth-order valence-electron chi connectivity index (χ4n) is 11.6. The zero-order chi connectivity index (χ0) is 71.5. The molecule has 0 unspecified atom stereocenters. The van der Waals surface area contributed by atoms with Gasteiger partial charge in [0.25, 0.3) is 17.5 Å². The number of thiazole rings is 2. The van der Waals surface area contributed by atoms with Crippen molar-refractivity contribution in [3.8, 4) is 49.7 Å². The summed E-state index contributed by atoms with van der Waals surface area (Å²) in [6.07, 6.45) is 15.1. The zero-order valence-electron chi connectivity index (χ0n) is 55.5. The molecule has 13 rings (SSSR count). The molecule has 2 aliphatic heterocycles. The number of H-pyrrole nitrogens is 1. The lowest BCUT2D eigenvalue weighted by atomic mass is 9.93. The normalized spacial score (nSPS) is 17.7. The molecule has 0 atom stereocenters. The monoisotopic (exact) mass is 1470 g/mol. The van der Waals surface area contributed by atoms with Crippen molar-refractivity contribution < 1.29 is 74.8 Å². The van der Waals surface area contributed by atoms with Crippen LogP contribution < -0.4 is 15.4 Å². The first-order valence-corrected chi connectivity index (χ1v) is 34.8. The number of hydrogen-bond donors (Lipinski definition) is 3. The number of nitro benzene ring substituents is 1. The van der Waals surface area contributed by atoms with Crippen LogP contribution in [0, 0.1) is 33.6 Å². The Kier molecular flexibility index (Phi) is 27.1. The molecule has 1 aromatic carbocycles. The number of non-ortho nitro benzene ring substituents is 1. The molecular weight excluding hydrogens is 1390 g/mol. The van der Waals surface area contributed by atoms with Crippen molar-refractivity contribution in [3.63, 3.8) is 0 Å². The number of aromatic amines is 1. The average molecular weight is 1470 g/mol. The van der Waals surface area contributed by atoms with Crippen molar-refractivity contribution in [2.75, 3.05) is 103 Å².